The fraction of sp³-hybridized carbons (Fsp3) is 0.200. The van der Waals surface area contributed by atoms with Gasteiger partial charge in [-0.2, -0.15) is 0 Å². The average Bonchev–Trinajstić information content (AvgIpc) is 2.48. The van der Waals surface area contributed by atoms with E-state index in [2.05, 4.69) is 15.9 Å². The Kier molecular flexibility index (Phi) is 4.98. The van der Waals surface area contributed by atoms with Crippen LogP contribution in [0.5, 0.6) is 11.5 Å². The summed E-state index contributed by atoms with van der Waals surface area (Å²) in [7, 11) is 1.56. The quantitative estimate of drug-likeness (QED) is 0.902. The smallest absolute Gasteiger partial charge is 0.137 e. The van der Waals surface area contributed by atoms with Crippen molar-refractivity contribution in [3.63, 3.8) is 0 Å². The molecule has 0 radical (unpaired) electrons. The van der Waals surface area contributed by atoms with E-state index in [-0.39, 0.29) is 19.0 Å². The van der Waals surface area contributed by atoms with Crippen LogP contribution >= 0.6 is 15.9 Å². The summed E-state index contributed by atoms with van der Waals surface area (Å²) in [5.74, 6) is 0.817. The molecular weight excluding hydrogens is 327 g/mol. The summed E-state index contributed by atoms with van der Waals surface area (Å²) in [6.45, 7) is 0.0577. The first-order valence-corrected chi connectivity index (χ1v) is 6.78. The van der Waals surface area contributed by atoms with Gasteiger partial charge in [0.1, 0.15) is 23.9 Å². The molecule has 0 aliphatic heterocycles. The second-order valence-corrected chi connectivity index (χ2v) is 4.93. The zero-order chi connectivity index (χ0) is 14.5. The number of hydrogen-bond acceptors (Lipinski definition) is 3. The van der Waals surface area contributed by atoms with Gasteiger partial charge in [0.25, 0.3) is 0 Å². The summed E-state index contributed by atoms with van der Waals surface area (Å²) >= 11 is 3.19. The van der Waals surface area contributed by atoms with Crippen molar-refractivity contribution in [1.82, 2.24) is 0 Å². The van der Waals surface area contributed by atoms with Crippen LogP contribution in [0, 0.1) is 5.82 Å². The van der Waals surface area contributed by atoms with Crippen molar-refractivity contribution in [2.75, 3.05) is 7.11 Å². The number of methoxy groups -OCH3 is 1. The molecule has 0 unspecified atom stereocenters. The van der Waals surface area contributed by atoms with E-state index >= 15 is 0 Å². The maximum absolute atomic E-state index is 13.4. The zero-order valence-electron chi connectivity index (χ0n) is 10.9. The summed E-state index contributed by atoms with van der Waals surface area (Å²) in [4.78, 5) is 0. The van der Waals surface area contributed by atoms with Crippen molar-refractivity contribution in [2.24, 2.45) is 0 Å². The van der Waals surface area contributed by atoms with E-state index in [1.54, 1.807) is 37.4 Å². The summed E-state index contributed by atoms with van der Waals surface area (Å²) in [5, 5.41) is 9.29. The minimum Gasteiger partial charge on any atom is -0.497 e. The molecule has 0 heterocycles. The van der Waals surface area contributed by atoms with Crippen molar-refractivity contribution in [3.05, 3.63) is 57.8 Å². The number of aliphatic hydroxyl groups is 1. The number of benzene rings is 2. The van der Waals surface area contributed by atoms with Crippen LogP contribution in [0.1, 0.15) is 11.1 Å². The molecule has 2 rings (SSSR count). The highest BCUT2D eigenvalue weighted by Crippen LogP contribution is 2.27. The molecule has 0 atom stereocenters. The van der Waals surface area contributed by atoms with Gasteiger partial charge in [0.15, 0.2) is 0 Å². The molecule has 0 bridgehead atoms. The van der Waals surface area contributed by atoms with Crippen molar-refractivity contribution in [1.29, 1.82) is 0 Å². The Labute approximate surface area is 125 Å². The minimum absolute atomic E-state index is 0.135. The van der Waals surface area contributed by atoms with E-state index in [4.69, 9.17) is 9.47 Å². The molecule has 0 aliphatic rings. The molecule has 5 heteroatoms. The third-order valence-electron chi connectivity index (χ3n) is 2.86. The summed E-state index contributed by atoms with van der Waals surface area (Å²) in [5.41, 5.74) is 1.34. The molecule has 0 saturated heterocycles. The Morgan fingerprint density at radius 2 is 2.00 bits per heavy atom. The number of rotatable bonds is 5. The van der Waals surface area contributed by atoms with E-state index < -0.39 is 0 Å². The van der Waals surface area contributed by atoms with Gasteiger partial charge in [0, 0.05) is 17.2 Å². The second kappa shape index (κ2) is 6.72. The molecule has 0 fully saturated rings. The molecule has 0 amide bonds. The molecule has 0 aliphatic carbocycles. The molecule has 2 aromatic carbocycles. The second-order valence-electron chi connectivity index (χ2n) is 4.13. The molecule has 1 N–H and O–H groups in total. The lowest BCUT2D eigenvalue weighted by molar-refractivity contribution is 0.257. The first-order valence-electron chi connectivity index (χ1n) is 5.99. The largest absolute Gasteiger partial charge is 0.497 e. The fourth-order valence-electron chi connectivity index (χ4n) is 1.74. The molecule has 0 spiro atoms. The standard InChI is InChI=1S/C15H14BrFO3/c1-19-12-6-5-10(8-18)14(7-12)20-9-11-3-2-4-13(17)15(11)16/h2-7,18H,8-9H2,1H3. The zero-order valence-corrected chi connectivity index (χ0v) is 12.5. The van der Waals surface area contributed by atoms with Crippen molar-refractivity contribution >= 4 is 15.9 Å². The van der Waals surface area contributed by atoms with Gasteiger partial charge in [-0.25, -0.2) is 4.39 Å². The van der Waals surface area contributed by atoms with Gasteiger partial charge >= 0.3 is 0 Å². The molecule has 0 saturated carbocycles. The average molecular weight is 341 g/mol. The monoisotopic (exact) mass is 340 g/mol. The third-order valence-corrected chi connectivity index (χ3v) is 3.75. The molecular formula is C15H14BrFO3. The molecule has 20 heavy (non-hydrogen) atoms. The number of aliphatic hydroxyl groups excluding tert-OH is 1. The Morgan fingerprint density at radius 3 is 2.70 bits per heavy atom. The first-order chi connectivity index (χ1) is 9.65. The molecule has 3 nitrogen and oxygen atoms in total. The van der Waals surface area contributed by atoms with Crippen molar-refractivity contribution < 1.29 is 19.0 Å². The summed E-state index contributed by atoms with van der Waals surface area (Å²) in [6, 6.07) is 9.94. The van der Waals surface area contributed by atoms with E-state index in [9.17, 15) is 9.50 Å². The highest BCUT2D eigenvalue weighted by atomic mass is 79.9. The Hall–Kier alpha value is -1.59. The summed E-state index contributed by atoms with van der Waals surface area (Å²) in [6.07, 6.45) is 0. The predicted molar refractivity (Wildman–Crippen MR) is 77.3 cm³/mol. The molecule has 0 aromatic heterocycles. The van der Waals surface area contributed by atoms with Gasteiger partial charge in [0.2, 0.25) is 0 Å². The van der Waals surface area contributed by atoms with Crippen LogP contribution in [0.4, 0.5) is 4.39 Å². The van der Waals surface area contributed by atoms with Crippen LogP contribution in [-0.4, -0.2) is 12.2 Å². The van der Waals surface area contributed by atoms with E-state index in [0.29, 0.717) is 27.1 Å². The van der Waals surface area contributed by atoms with Crippen LogP contribution in [0.2, 0.25) is 0 Å². The maximum Gasteiger partial charge on any atom is 0.137 e. The highest BCUT2D eigenvalue weighted by molar-refractivity contribution is 9.10. The lowest BCUT2D eigenvalue weighted by Crippen LogP contribution is -2.01. The maximum atomic E-state index is 13.4. The fourth-order valence-corrected chi connectivity index (χ4v) is 2.12. The van der Waals surface area contributed by atoms with Gasteiger partial charge < -0.3 is 14.6 Å². The molecule has 106 valence electrons. The minimum atomic E-state index is -0.334. The SMILES string of the molecule is COc1ccc(CO)c(OCc2cccc(F)c2Br)c1. The Bertz CT molecular complexity index is 602. The van der Waals surface area contributed by atoms with Crippen molar-refractivity contribution in [3.8, 4) is 11.5 Å². The van der Waals surface area contributed by atoms with Gasteiger partial charge in [-0.3, -0.25) is 0 Å². The van der Waals surface area contributed by atoms with Gasteiger partial charge in [-0.05, 0) is 34.1 Å². The third kappa shape index (κ3) is 3.29. The topological polar surface area (TPSA) is 38.7 Å². The van der Waals surface area contributed by atoms with E-state index in [1.807, 2.05) is 0 Å². The highest BCUT2D eigenvalue weighted by Gasteiger charge is 2.09. The number of hydrogen-bond donors (Lipinski definition) is 1. The van der Waals surface area contributed by atoms with Crippen molar-refractivity contribution in [2.45, 2.75) is 13.2 Å². The lowest BCUT2D eigenvalue weighted by atomic mass is 10.2. The van der Waals surface area contributed by atoms with Crippen LogP contribution in [0.3, 0.4) is 0 Å². The van der Waals surface area contributed by atoms with Gasteiger partial charge in [-0.15, -0.1) is 0 Å². The van der Waals surface area contributed by atoms with Gasteiger partial charge in [0.05, 0.1) is 18.2 Å². The first kappa shape index (κ1) is 14.8. The van der Waals surface area contributed by atoms with Crippen LogP contribution in [-0.2, 0) is 13.2 Å². The number of ether oxygens (including phenoxy) is 2. The van der Waals surface area contributed by atoms with Gasteiger partial charge in [-0.1, -0.05) is 12.1 Å². The summed E-state index contributed by atoms with van der Waals surface area (Å²) < 4.78 is 24.6. The lowest BCUT2D eigenvalue weighted by Gasteiger charge is -2.12. The van der Waals surface area contributed by atoms with Crippen LogP contribution in [0.15, 0.2) is 40.9 Å². The Balaban J connectivity index is 2.19. The van der Waals surface area contributed by atoms with E-state index in [0.717, 1.165) is 0 Å². The van der Waals surface area contributed by atoms with Crippen LogP contribution in [0.25, 0.3) is 0 Å². The normalized spacial score (nSPS) is 10.4. The van der Waals surface area contributed by atoms with Crippen LogP contribution < -0.4 is 9.47 Å². The van der Waals surface area contributed by atoms with E-state index in [1.165, 1.54) is 6.07 Å². The Morgan fingerprint density at radius 1 is 1.20 bits per heavy atom. The number of halogens is 2. The molecule has 2 aromatic rings. The predicted octanol–water partition coefficient (Wildman–Crippen LogP) is 3.67.